The third kappa shape index (κ3) is 4.31. The lowest BCUT2D eigenvalue weighted by molar-refractivity contribution is -0.148. The molecule has 4 nitrogen and oxygen atoms in total. The molecule has 0 aliphatic heterocycles. The van der Waals surface area contributed by atoms with Gasteiger partial charge in [-0.3, -0.25) is 9.59 Å². The molecule has 3 rings (SSSR count). The summed E-state index contributed by atoms with van der Waals surface area (Å²) in [5.41, 5.74) is 1.78. The third-order valence-corrected chi connectivity index (χ3v) is 5.23. The van der Waals surface area contributed by atoms with Gasteiger partial charge < -0.3 is 10.1 Å². The first-order valence-electron chi connectivity index (χ1n) is 9.15. The van der Waals surface area contributed by atoms with Gasteiger partial charge >= 0.3 is 5.97 Å². The molecule has 0 unspecified atom stereocenters. The van der Waals surface area contributed by atoms with E-state index in [1.807, 2.05) is 48.5 Å². The molecule has 26 heavy (non-hydrogen) atoms. The molecule has 0 radical (unpaired) electrons. The minimum absolute atomic E-state index is 0.0193. The Labute approximate surface area is 154 Å². The first-order chi connectivity index (χ1) is 12.6. The zero-order valence-corrected chi connectivity index (χ0v) is 15.1. The second kappa shape index (κ2) is 8.17. The molecule has 4 heteroatoms. The largest absolute Gasteiger partial charge is 0.463 e. The fraction of sp³-hybridized carbons (Fsp3) is 0.364. The molecule has 1 fully saturated rings. The van der Waals surface area contributed by atoms with E-state index in [0.29, 0.717) is 12.1 Å². The molecule has 0 spiro atoms. The van der Waals surface area contributed by atoms with Crippen LogP contribution in [0, 0.1) is 0 Å². The lowest BCUT2D eigenvalue weighted by atomic mass is 9.68. The topological polar surface area (TPSA) is 55.4 Å². The van der Waals surface area contributed by atoms with Gasteiger partial charge in [-0.2, -0.15) is 0 Å². The summed E-state index contributed by atoms with van der Waals surface area (Å²) >= 11 is 0. The van der Waals surface area contributed by atoms with Crippen LogP contribution in [-0.2, 0) is 14.9 Å². The van der Waals surface area contributed by atoms with Crippen LogP contribution < -0.4 is 5.32 Å². The molecule has 1 N–H and O–H groups in total. The maximum absolute atomic E-state index is 12.5. The van der Waals surface area contributed by atoms with Crippen LogP contribution in [0.15, 0.2) is 60.7 Å². The number of benzene rings is 2. The van der Waals surface area contributed by atoms with E-state index in [2.05, 4.69) is 17.4 Å². The van der Waals surface area contributed by atoms with Crippen molar-refractivity contribution in [2.75, 3.05) is 6.54 Å². The highest BCUT2D eigenvalue weighted by atomic mass is 16.5. The molecule has 0 atom stereocenters. The molecule has 1 amide bonds. The molecule has 0 bridgehead atoms. The maximum Gasteiger partial charge on any atom is 0.302 e. The predicted molar refractivity (Wildman–Crippen MR) is 101 cm³/mol. The molecular weight excluding hydrogens is 326 g/mol. The van der Waals surface area contributed by atoms with Gasteiger partial charge in [-0.25, -0.2) is 0 Å². The molecular formula is C22H25NO3. The molecule has 1 aliphatic carbocycles. The van der Waals surface area contributed by atoms with Crippen LogP contribution in [0.3, 0.4) is 0 Å². The predicted octanol–water partition coefficient (Wildman–Crippen LogP) is 3.86. The lowest BCUT2D eigenvalue weighted by Gasteiger charge is -2.40. The third-order valence-electron chi connectivity index (χ3n) is 5.23. The van der Waals surface area contributed by atoms with Gasteiger partial charge in [-0.05, 0) is 43.4 Å². The minimum atomic E-state index is -0.223. The Kier molecular flexibility index (Phi) is 5.71. The summed E-state index contributed by atoms with van der Waals surface area (Å²) in [5.74, 6) is -0.275. The number of hydrogen-bond acceptors (Lipinski definition) is 3. The van der Waals surface area contributed by atoms with Crippen molar-refractivity contribution in [2.24, 2.45) is 0 Å². The van der Waals surface area contributed by atoms with Gasteiger partial charge in [0.25, 0.3) is 5.91 Å². The summed E-state index contributed by atoms with van der Waals surface area (Å²) in [6, 6.07) is 19.6. The second-order valence-corrected chi connectivity index (χ2v) is 7.00. The van der Waals surface area contributed by atoms with Crippen LogP contribution in [0.25, 0.3) is 0 Å². The van der Waals surface area contributed by atoms with Crippen LogP contribution in [0.5, 0.6) is 0 Å². The number of esters is 1. The lowest BCUT2D eigenvalue weighted by Crippen LogP contribution is -2.44. The normalized spacial score (nSPS) is 22.4. The maximum atomic E-state index is 12.5. The molecule has 0 aromatic heterocycles. The number of carbonyl (C=O) groups is 2. The number of rotatable bonds is 5. The van der Waals surface area contributed by atoms with Gasteiger partial charge in [-0.15, -0.1) is 0 Å². The first kappa shape index (κ1) is 18.2. The molecule has 1 aliphatic rings. The number of nitrogens with one attached hydrogen (secondary N) is 1. The van der Waals surface area contributed by atoms with Crippen molar-refractivity contribution in [2.45, 2.75) is 44.1 Å². The highest BCUT2D eigenvalue weighted by Crippen LogP contribution is 2.40. The van der Waals surface area contributed by atoms with Gasteiger partial charge in [0.2, 0.25) is 0 Å². The molecule has 1 saturated carbocycles. The van der Waals surface area contributed by atoms with E-state index in [0.717, 1.165) is 25.7 Å². The van der Waals surface area contributed by atoms with Gasteiger partial charge in [-0.1, -0.05) is 48.5 Å². The van der Waals surface area contributed by atoms with Crippen molar-refractivity contribution >= 4 is 11.9 Å². The van der Waals surface area contributed by atoms with Gasteiger partial charge in [0, 0.05) is 24.4 Å². The van der Waals surface area contributed by atoms with E-state index in [9.17, 15) is 9.59 Å². The summed E-state index contributed by atoms with van der Waals surface area (Å²) in [4.78, 5) is 23.7. The Hall–Kier alpha value is -2.62. The number of carbonyl (C=O) groups excluding carboxylic acids is 2. The van der Waals surface area contributed by atoms with Crippen LogP contribution in [-0.4, -0.2) is 24.5 Å². The van der Waals surface area contributed by atoms with E-state index in [1.165, 1.54) is 12.5 Å². The van der Waals surface area contributed by atoms with Crippen molar-refractivity contribution < 1.29 is 14.3 Å². The Balaban J connectivity index is 1.73. The van der Waals surface area contributed by atoms with Gasteiger partial charge in [0.1, 0.15) is 6.10 Å². The fourth-order valence-corrected chi connectivity index (χ4v) is 3.80. The van der Waals surface area contributed by atoms with Crippen LogP contribution in [0.2, 0.25) is 0 Å². The fourth-order valence-electron chi connectivity index (χ4n) is 3.80. The van der Waals surface area contributed by atoms with Crippen LogP contribution in [0.4, 0.5) is 0 Å². The Morgan fingerprint density at radius 2 is 1.58 bits per heavy atom. The molecule has 2 aromatic rings. The number of hydrogen-bond donors (Lipinski definition) is 1. The summed E-state index contributed by atoms with van der Waals surface area (Å²) in [6.07, 6.45) is 3.37. The van der Waals surface area contributed by atoms with E-state index in [4.69, 9.17) is 4.74 Å². The van der Waals surface area contributed by atoms with Crippen molar-refractivity contribution in [3.63, 3.8) is 0 Å². The Morgan fingerprint density at radius 1 is 1.00 bits per heavy atom. The smallest absolute Gasteiger partial charge is 0.302 e. The summed E-state index contributed by atoms with van der Waals surface area (Å²) in [7, 11) is 0. The average molecular weight is 351 g/mol. The minimum Gasteiger partial charge on any atom is -0.463 e. The molecule has 2 aromatic carbocycles. The number of amides is 1. The van der Waals surface area contributed by atoms with Crippen molar-refractivity contribution in [3.05, 3.63) is 71.8 Å². The Morgan fingerprint density at radius 3 is 2.15 bits per heavy atom. The van der Waals surface area contributed by atoms with Crippen molar-refractivity contribution in [1.29, 1.82) is 0 Å². The van der Waals surface area contributed by atoms with Crippen LogP contribution >= 0.6 is 0 Å². The van der Waals surface area contributed by atoms with Crippen molar-refractivity contribution in [3.8, 4) is 0 Å². The van der Waals surface area contributed by atoms with E-state index < -0.39 is 0 Å². The molecule has 0 saturated heterocycles. The van der Waals surface area contributed by atoms with E-state index in [-0.39, 0.29) is 23.4 Å². The SMILES string of the molecule is CC(=O)OC1CCC(CNC(=O)c2ccccc2)(c2ccccc2)CC1. The monoisotopic (exact) mass is 351 g/mol. The highest BCUT2D eigenvalue weighted by molar-refractivity contribution is 5.94. The average Bonchev–Trinajstić information content (AvgIpc) is 2.68. The summed E-state index contributed by atoms with van der Waals surface area (Å²) in [6.45, 7) is 2.04. The van der Waals surface area contributed by atoms with Gasteiger partial charge in [0.15, 0.2) is 0 Å². The number of ether oxygens (including phenoxy) is 1. The highest BCUT2D eigenvalue weighted by Gasteiger charge is 2.38. The quantitative estimate of drug-likeness (QED) is 0.832. The summed E-state index contributed by atoms with van der Waals surface area (Å²) in [5, 5.41) is 3.12. The standard InChI is InChI=1S/C22H25NO3/c1-17(24)26-20-12-14-22(15-13-20,19-10-6-3-7-11-19)16-23-21(25)18-8-4-2-5-9-18/h2-11,20H,12-16H2,1H3,(H,23,25). The van der Waals surface area contributed by atoms with E-state index in [1.54, 1.807) is 0 Å². The second-order valence-electron chi connectivity index (χ2n) is 7.00. The molecule has 136 valence electrons. The zero-order chi connectivity index (χ0) is 18.4. The zero-order valence-electron chi connectivity index (χ0n) is 15.1. The Bertz CT molecular complexity index is 734. The first-order valence-corrected chi connectivity index (χ1v) is 9.15. The van der Waals surface area contributed by atoms with E-state index >= 15 is 0 Å². The van der Waals surface area contributed by atoms with Gasteiger partial charge in [0.05, 0.1) is 0 Å². The molecule has 0 heterocycles. The van der Waals surface area contributed by atoms with Crippen LogP contribution in [0.1, 0.15) is 48.5 Å². The van der Waals surface area contributed by atoms with Crippen molar-refractivity contribution in [1.82, 2.24) is 5.32 Å². The summed E-state index contributed by atoms with van der Waals surface area (Å²) < 4.78 is 5.39.